The first-order valence-corrected chi connectivity index (χ1v) is 5.60. The lowest BCUT2D eigenvalue weighted by Crippen LogP contribution is -2.42. The van der Waals surface area contributed by atoms with Gasteiger partial charge in [-0.25, -0.2) is 0 Å². The van der Waals surface area contributed by atoms with Crippen molar-refractivity contribution < 1.29 is 19.4 Å². The van der Waals surface area contributed by atoms with Gasteiger partial charge >= 0.3 is 5.97 Å². The lowest BCUT2D eigenvalue weighted by Gasteiger charge is -2.38. The molecule has 0 amide bonds. The molecule has 0 spiro atoms. The summed E-state index contributed by atoms with van der Waals surface area (Å²) >= 11 is 0. The van der Waals surface area contributed by atoms with E-state index in [0.717, 1.165) is 12.0 Å². The molecule has 0 radical (unpaired) electrons. The first-order valence-electron chi connectivity index (χ1n) is 5.60. The maximum atomic E-state index is 11.4. The van der Waals surface area contributed by atoms with Crippen molar-refractivity contribution in [2.75, 3.05) is 14.2 Å². The maximum absolute atomic E-state index is 11.4. The molecule has 1 fully saturated rings. The largest absolute Gasteiger partial charge is 0.493 e. The summed E-state index contributed by atoms with van der Waals surface area (Å²) in [5.74, 6) is 0.449. The van der Waals surface area contributed by atoms with Crippen LogP contribution in [0.2, 0.25) is 0 Å². The molecule has 0 heterocycles. The molecule has 1 N–H and O–H groups in total. The fourth-order valence-corrected chi connectivity index (χ4v) is 2.29. The van der Waals surface area contributed by atoms with Gasteiger partial charge in [0.2, 0.25) is 0 Å². The highest BCUT2D eigenvalue weighted by atomic mass is 16.5. The minimum absolute atomic E-state index is 0.581. The Bertz CT molecular complexity index is 435. The summed E-state index contributed by atoms with van der Waals surface area (Å²) < 4.78 is 10.3. The number of benzene rings is 1. The number of methoxy groups -OCH3 is 2. The van der Waals surface area contributed by atoms with Gasteiger partial charge in [-0.05, 0) is 30.5 Å². The van der Waals surface area contributed by atoms with Crippen molar-refractivity contribution in [2.24, 2.45) is 0 Å². The van der Waals surface area contributed by atoms with Crippen molar-refractivity contribution in [3.05, 3.63) is 23.8 Å². The van der Waals surface area contributed by atoms with Crippen LogP contribution < -0.4 is 9.47 Å². The van der Waals surface area contributed by atoms with Crippen LogP contribution in [0.3, 0.4) is 0 Å². The molecule has 0 saturated heterocycles. The van der Waals surface area contributed by atoms with Gasteiger partial charge in [-0.2, -0.15) is 0 Å². The van der Waals surface area contributed by atoms with Gasteiger partial charge in [-0.3, -0.25) is 4.79 Å². The molecule has 1 aliphatic rings. The zero-order valence-corrected chi connectivity index (χ0v) is 10.0. The Kier molecular flexibility index (Phi) is 2.96. The fraction of sp³-hybridized carbons (Fsp3) is 0.462. The van der Waals surface area contributed by atoms with Crippen molar-refractivity contribution in [2.45, 2.75) is 24.7 Å². The van der Waals surface area contributed by atoms with Crippen LogP contribution in [-0.2, 0) is 10.2 Å². The molecule has 4 nitrogen and oxygen atoms in total. The second-order valence-electron chi connectivity index (χ2n) is 4.31. The van der Waals surface area contributed by atoms with Crippen molar-refractivity contribution >= 4 is 5.97 Å². The van der Waals surface area contributed by atoms with Crippen LogP contribution in [0.15, 0.2) is 18.2 Å². The Morgan fingerprint density at radius 3 is 2.29 bits per heavy atom. The number of carboxylic acids is 1. The topological polar surface area (TPSA) is 55.8 Å². The van der Waals surface area contributed by atoms with Crippen molar-refractivity contribution in [3.63, 3.8) is 0 Å². The van der Waals surface area contributed by atoms with E-state index in [1.807, 2.05) is 6.07 Å². The quantitative estimate of drug-likeness (QED) is 0.870. The Labute approximate surface area is 100 Å². The van der Waals surface area contributed by atoms with E-state index >= 15 is 0 Å². The van der Waals surface area contributed by atoms with E-state index in [9.17, 15) is 9.90 Å². The molecule has 4 heteroatoms. The molecule has 0 unspecified atom stereocenters. The van der Waals surface area contributed by atoms with Crippen LogP contribution in [0.4, 0.5) is 0 Å². The van der Waals surface area contributed by atoms with Crippen molar-refractivity contribution in [1.82, 2.24) is 0 Å². The Balaban J connectivity index is 2.42. The van der Waals surface area contributed by atoms with Gasteiger partial charge in [0.1, 0.15) is 0 Å². The second-order valence-corrected chi connectivity index (χ2v) is 4.31. The normalized spacial score (nSPS) is 17.1. The summed E-state index contributed by atoms with van der Waals surface area (Å²) in [5, 5.41) is 9.36. The van der Waals surface area contributed by atoms with Crippen LogP contribution >= 0.6 is 0 Å². The molecule has 1 aromatic rings. The van der Waals surface area contributed by atoms with Gasteiger partial charge in [0.25, 0.3) is 0 Å². The van der Waals surface area contributed by atoms with Crippen LogP contribution in [-0.4, -0.2) is 25.3 Å². The number of ether oxygens (including phenoxy) is 2. The molecule has 0 atom stereocenters. The third-order valence-electron chi connectivity index (χ3n) is 3.55. The average Bonchev–Trinajstić information content (AvgIpc) is 2.26. The van der Waals surface area contributed by atoms with Crippen LogP contribution in [0, 0.1) is 0 Å². The van der Waals surface area contributed by atoms with Crippen molar-refractivity contribution in [1.29, 1.82) is 0 Å². The zero-order chi connectivity index (χ0) is 12.5. The second kappa shape index (κ2) is 4.28. The van der Waals surface area contributed by atoms with E-state index in [1.165, 1.54) is 0 Å². The van der Waals surface area contributed by atoms with Crippen LogP contribution in [0.5, 0.6) is 11.5 Å². The zero-order valence-electron chi connectivity index (χ0n) is 10.0. The Hall–Kier alpha value is -1.71. The first kappa shape index (κ1) is 11.8. The van der Waals surface area contributed by atoms with Gasteiger partial charge in [0.05, 0.1) is 19.6 Å². The Morgan fingerprint density at radius 1 is 1.24 bits per heavy atom. The highest BCUT2D eigenvalue weighted by molar-refractivity contribution is 5.83. The molecule has 2 rings (SSSR count). The van der Waals surface area contributed by atoms with Crippen LogP contribution in [0.1, 0.15) is 24.8 Å². The highest BCUT2D eigenvalue weighted by Gasteiger charge is 2.46. The third kappa shape index (κ3) is 1.73. The average molecular weight is 236 g/mol. The molecule has 0 bridgehead atoms. The Morgan fingerprint density at radius 2 is 1.88 bits per heavy atom. The van der Waals surface area contributed by atoms with E-state index in [-0.39, 0.29) is 0 Å². The minimum Gasteiger partial charge on any atom is -0.493 e. The lowest BCUT2D eigenvalue weighted by atomic mass is 9.64. The summed E-state index contributed by atoms with van der Waals surface area (Å²) in [5.41, 5.74) is 0.0772. The summed E-state index contributed by atoms with van der Waals surface area (Å²) in [7, 11) is 3.11. The molecule has 92 valence electrons. The molecule has 1 saturated carbocycles. The molecule has 1 aromatic carbocycles. The lowest BCUT2D eigenvalue weighted by molar-refractivity contribution is -0.147. The van der Waals surface area contributed by atoms with Gasteiger partial charge in [-0.1, -0.05) is 12.5 Å². The number of rotatable bonds is 4. The van der Waals surface area contributed by atoms with Crippen molar-refractivity contribution in [3.8, 4) is 11.5 Å². The number of hydrogen-bond donors (Lipinski definition) is 1. The molecule has 0 aromatic heterocycles. The smallest absolute Gasteiger partial charge is 0.314 e. The van der Waals surface area contributed by atoms with E-state index < -0.39 is 11.4 Å². The molecular formula is C13H16O4. The summed E-state index contributed by atoms with van der Waals surface area (Å²) in [6, 6.07) is 5.35. The van der Waals surface area contributed by atoms with Gasteiger partial charge < -0.3 is 14.6 Å². The van der Waals surface area contributed by atoms with Crippen LogP contribution in [0.25, 0.3) is 0 Å². The number of carbonyl (C=O) groups is 1. The standard InChI is InChI=1S/C13H16O4/c1-16-10-5-4-9(8-11(10)17-2)13(12(14)15)6-3-7-13/h4-5,8H,3,6-7H2,1-2H3,(H,14,15). The summed E-state index contributed by atoms with van der Waals surface area (Å²) in [6.45, 7) is 0. The molecular weight excluding hydrogens is 220 g/mol. The predicted octanol–water partition coefficient (Wildman–Crippen LogP) is 2.21. The summed E-state index contributed by atoms with van der Waals surface area (Å²) in [4.78, 5) is 11.4. The number of aliphatic carboxylic acids is 1. The number of hydrogen-bond acceptors (Lipinski definition) is 3. The van der Waals surface area contributed by atoms with Gasteiger partial charge in [0.15, 0.2) is 11.5 Å². The molecule has 0 aliphatic heterocycles. The monoisotopic (exact) mass is 236 g/mol. The predicted molar refractivity (Wildman–Crippen MR) is 62.7 cm³/mol. The summed E-state index contributed by atoms with van der Waals surface area (Å²) in [6.07, 6.45) is 2.34. The maximum Gasteiger partial charge on any atom is 0.314 e. The first-order chi connectivity index (χ1) is 8.14. The third-order valence-corrected chi connectivity index (χ3v) is 3.55. The van der Waals surface area contributed by atoms with E-state index in [0.29, 0.717) is 24.3 Å². The van der Waals surface area contributed by atoms with E-state index in [1.54, 1.807) is 26.4 Å². The molecule has 17 heavy (non-hydrogen) atoms. The van der Waals surface area contributed by atoms with Gasteiger partial charge in [-0.15, -0.1) is 0 Å². The van der Waals surface area contributed by atoms with E-state index in [4.69, 9.17) is 9.47 Å². The number of carboxylic acid groups (broad SMARTS) is 1. The van der Waals surface area contributed by atoms with E-state index in [2.05, 4.69) is 0 Å². The fourth-order valence-electron chi connectivity index (χ4n) is 2.29. The minimum atomic E-state index is -0.754. The highest BCUT2D eigenvalue weighted by Crippen LogP contribution is 2.46. The SMILES string of the molecule is COc1ccc(C2(C(=O)O)CCC2)cc1OC. The van der Waals surface area contributed by atoms with Gasteiger partial charge in [0, 0.05) is 0 Å². The molecule has 1 aliphatic carbocycles.